The summed E-state index contributed by atoms with van der Waals surface area (Å²) in [6, 6.07) is 15.6. The minimum atomic E-state index is -0.0466. The summed E-state index contributed by atoms with van der Waals surface area (Å²) >= 11 is 0. The van der Waals surface area contributed by atoms with E-state index in [1.165, 1.54) is 0 Å². The zero-order valence-electron chi connectivity index (χ0n) is 17.1. The molecule has 0 saturated carbocycles. The van der Waals surface area contributed by atoms with Crippen LogP contribution in [0.3, 0.4) is 0 Å². The molecule has 5 rings (SSSR count). The molecule has 1 amide bonds. The molecule has 0 aliphatic carbocycles. The number of H-pyrrole nitrogens is 1. The van der Waals surface area contributed by atoms with Crippen molar-refractivity contribution in [2.45, 2.75) is 6.54 Å². The predicted octanol–water partition coefficient (Wildman–Crippen LogP) is 2.99. The van der Waals surface area contributed by atoms with Crippen LogP contribution in [0.2, 0.25) is 0 Å². The number of nitrogens with zero attached hydrogens (tertiary/aromatic N) is 5. The Kier molecular flexibility index (Phi) is 5.37. The molecular formula is C23H24N6O2. The van der Waals surface area contributed by atoms with E-state index in [1.807, 2.05) is 47.6 Å². The van der Waals surface area contributed by atoms with Gasteiger partial charge in [-0.2, -0.15) is 5.10 Å². The highest BCUT2D eigenvalue weighted by Gasteiger charge is 2.24. The molecule has 158 valence electrons. The van der Waals surface area contributed by atoms with E-state index < -0.39 is 0 Å². The fourth-order valence-electron chi connectivity index (χ4n) is 3.91. The van der Waals surface area contributed by atoms with Crippen LogP contribution in [0.4, 0.5) is 0 Å². The zero-order chi connectivity index (χ0) is 21.0. The number of nitrogens with one attached hydrogen (secondary N) is 1. The number of aromatic amines is 1. The molecule has 0 bridgehead atoms. The van der Waals surface area contributed by atoms with Gasteiger partial charge in [0.15, 0.2) is 11.5 Å². The summed E-state index contributed by atoms with van der Waals surface area (Å²) in [7, 11) is 0. The molecule has 1 N–H and O–H groups in total. The van der Waals surface area contributed by atoms with Gasteiger partial charge >= 0.3 is 0 Å². The second kappa shape index (κ2) is 8.61. The van der Waals surface area contributed by atoms with Gasteiger partial charge in [0.1, 0.15) is 11.5 Å². The maximum atomic E-state index is 12.8. The summed E-state index contributed by atoms with van der Waals surface area (Å²) in [6.45, 7) is 4.86. The van der Waals surface area contributed by atoms with Crippen LogP contribution in [0.1, 0.15) is 10.5 Å². The van der Waals surface area contributed by atoms with Gasteiger partial charge < -0.3 is 13.9 Å². The van der Waals surface area contributed by atoms with Crippen molar-refractivity contribution in [3.63, 3.8) is 0 Å². The van der Waals surface area contributed by atoms with Crippen LogP contribution in [-0.2, 0) is 6.54 Å². The minimum absolute atomic E-state index is 0.0466. The van der Waals surface area contributed by atoms with E-state index in [-0.39, 0.29) is 5.91 Å². The molecule has 8 heteroatoms. The van der Waals surface area contributed by atoms with E-state index in [9.17, 15) is 4.79 Å². The molecule has 4 aromatic rings. The number of amides is 1. The van der Waals surface area contributed by atoms with Crippen LogP contribution in [0, 0.1) is 0 Å². The number of carbonyl (C=O) groups excluding carboxylic acids is 1. The highest BCUT2D eigenvalue weighted by molar-refractivity contribution is 5.93. The summed E-state index contributed by atoms with van der Waals surface area (Å²) in [4.78, 5) is 21.6. The number of hydrogen-bond donors (Lipinski definition) is 1. The van der Waals surface area contributed by atoms with E-state index in [2.05, 4.69) is 36.8 Å². The van der Waals surface area contributed by atoms with Crippen LogP contribution in [-0.4, -0.2) is 68.2 Å². The third-order valence-corrected chi connectivity index (χ3v) is 5.65. The summed E-state index contributed by atoms with van der Waals surface area (Å²) in [6.07, 6.45) is 5.47. The number of aromatic nitrogens is 4. The van der Waals surface area contributed by atoms with Gasteiger partial charge in [-0.25, -0.2) is 4.98 Å². The largest absolute Gasteiger partial charge is 0.463 e. The van der Waals surface area contributed by atoms with Gasteiger partial charge in [0.25, 0.3) is 5.91 Å². The smallest absolute Gasteiger partial charge is 0.274 e. The van der Waals surface area contributed by atoms with Crippen LogP contribution < -0.4 is 0 Å². The van der Waals surface area contributed by atoms with Gasteiger partial charge in [-0.3, -0.25) is 14.8 Å². The molecule has 1 aromatic carbocycles. The average molecular weight is 416 g/mol. The lowest BCUT2D eigenvalue weighted by Gasteiger charge is -2.34. The maximum Gasteiger partial charge on any atom is 0.274 e. The van der Waals surface area contributed by atoms with Crippen molar-refractivity contribution < 1.29 is 9.21 Å². The quantitative estimate of drug-likeness (QED) is 0.522. The van der Waals surface area contributed by atoms with Crippen LogP contribution >= 0.6 is 0 Å². The first kappa shape index (κ1) is 19.3. The number of carbonyl (C=O) groups is 1. The van der Waals surface area contributed by atoms with E-state index in [0.29, 0.717) is 30.2 Å². The second-order valence-electron chi connectivity index (χ2n) is 7.59. The Morgan fingerprint density at radius 2 is 1.87 bits per heavy atom. The monoisotopic (exact) mass is 416 g/mol. The number of imidazole rings is 1. The number of rotatable bonds is 6. The lowest BCUT2D eigenvalue weighted by atomic mass is 10.2. The molecule has 3 aromatic heterocycles. The number of furan rings is 1. The van der Waals surface area contributed by atoms with Crippen molar-refractivity contribution in [3.05, 3.63) is 72.9 Å². The summed E-state index contributed by atoms with van der Waals surface area (Å²) in [5.41, 5.74) is 2.25. The molecule has 0 radical (unpaired) electrons. The Hall–Kier alpha value is -3.65. The molecule has 4 heterocycles. The standard InChI is InChI=1S/C23H24N6O2/c30-23(20-17-19(25-26-20)21-7-4-16-31-21)29-14-11-27(12-15-29)10-13-28-9-8-24-22(28)18-5-2-1-3-6-18/h1-9,16-17H,10-15H2,(H,25,26). The molecule has 0 unspecified atom stereocenters. The Labute approximate surface area is 180 Å². The van der Waals surface area contributed by atoms with Crippen molar-refractivity contribution in [1.82, 2.24) is 29.5 Å². The van der Waals surface area contributed by atoms with Crippen molar-refractivity contribution in [1.29, 1.82) is 0 Å². The predicted molar refractivity (Wildman–Crippen MR) is 116 cm³/mol. The average Bonchev–Trinajstić information content (AvgIpc) is 3.59. The molecular weight excluding hydrogens is 392 g/mol. The normalized spacial score (nSPS) is 14.8. The molecule has 1 aliphatic rings. The van der Waals surface area contributed by atoms with Crippen molar-refractivity contribution in [2.75, 3.05) is 32.7 Å². The lowest BCUT2D eigenvalue weighted by molar-refractivity contribution is 0.0627. The van der Waals surface area contributed by atoms with Crippen molar-refractivity contribution in [3.8, 4) is 22.8 Å². The van der Waals surface area contributed by atoms with Gasteiger partial charge in [-0.1, -0.05) is 30.3 Å². The Bertz CT molecular complexity index is 1120. The summed E-state index contributed by atoms with van der Waals surface area (Å²) < 4.78 is 7.54. The molecule has 1 aliphatic heterocycles. The first-order chi connectivity index (χ1) is 15.3. The Balaban J connectivity index is 1.15. The van der Waals surface area contributed by atoms with E-state index in [1.54, 1.807) is 12.3 Å². The number of piperazine rings is 1. The van der Waals surface area contributed by atoms with E-state index in [4.69, 9.17) is 4.42 Å². The van der Waals surface area contributed by atoms with Crippen LogP contribution in [0.25, 0.3) is 22.8 Å². The van der Waals surface area contributed by atoms with E-state index >= 15 is 0 Å². The van der Waals surface area contributed by atoms with Gasteiger partial charge in [0.05, 0.1) is 6.26 Å². The first-order valence-corrected chi connectivity index (χ1v) is 10.5. The molecule has 1 fully saturated rings. The fraction of sp³-hybridized carbons (Fsp3) is 0.261. The molecule has 31 heavy (non-hydrogen) atoms. The zero-order valence-corrected chi connectivity index (χ0v) is 17.1. The highest BCUT2D eigenvalue weighted by atomic mass is 16.3. The van der Waals surface area contributed by atoms with Crippen LogP contribution in [0.15, 0.2) is 71.6 Å². The fourth-order valence-corrected chi connectivity index (χ4v) is 3.91. The lowest BCUT2D eigenvalue weighted by Crippen LogP contribution is -2.49. The third-order valence-electron chi connectivity index (χ3n) is 5.65. The molecule has 0 atom stereocenters. The number of hydrogen-bond acceptors (Lipinski definition) is 5. The van der Waals surface area contributed by atoms with Gasteiger partial charge in [-0.05, 0) is 12.1 Å². The van der Waals surface area contributed by atoms with Gasteiger partial charge in [-0.15, -0.1) is 0 Å². The topological polar surface area (TPSA) is 83.2 Å². The maximum absolute atomic E-state index is 12.8. The van der Waals surface area contributed by atoms with Gasteiger partial charge in [0, 0.05) is 63.3 Å². The molecule has 0 spiro atoms. The molecule has 8 nitrogen and oxygen atoms in total. The van der Waals surface area contributed by atoms with E-state index in [0.717, 1.165) is 37.6 Å². The highest BCUT2D eigenvalue weighted by Crippen LogP contribution is 2.19. The van der Waals surface area contributed by atoms with Crippen molar-refractivity contribution in [2.24, 2.45) is 0 Å². The van der Waals surface area contributed by atoms with Crippen LogP contribution in [0.5, 0.6) is 0 Å². The Morgan fingerprint density at radius 3 is 2.65 bits per heavy atom. The summed E-state index contributed by atoms with van der Waals surface area (Å²) in [5, 5.41) is 7.06. The SMILES string of the molecule is O=C(c1cc(-c2ccco2)[nH]n1)N1CCN(CCn2ccnc2-c2ccccc2)CC1. The third kappa shape index (κ3) is 4.15. The number of benzene rings is 1. The Morgan fingerprint density at radius 1 is 1.03 bits per heavy atom. The second-order valence-corrected chi connectivity index (χ2v) is 7.59. The summed E-state index contributed by atoms with van der Waals surface area (Å²) in [5.74, 6) is 1.61. The minimum Gasteiger partial charge on any atom is -0.463 e. The molecule has 1 saturated heterocycles. The first-order valence-electron chi connectivity index (χ1n) is 10.5. The van der Waals surface area contributed by atoms with Crippen molar-refractivity contribution >= 4 is 5.91 Å². The van der Waals surface area contributed by atoms with Gasteiger partial charge in [0.2, 0.25) is 0 Å².